The van der Waals surface area contributed by atoms with Gasteiger partial charge in [-0.25, -0.2) is 0 Å². The monoisotopic (exact) mass is 279 g/mol. The van der Waals surface area contributed by atoms with Gasteiger partial charge in [0, 0.05) is 28.2 Å². The Balaban J connectivity index is 1.94. The van der Waals surface area contributed by atoms with E-state index < -0.39 is 0 Å². The predicted octanol–water partition coefficient (Wildman–Crippen LogP) is 2.25. The van der Waals surface area contributed by atoms with E-state index in [0.29, 0.717) is 22.2 Å². The van der Waals surface area contributed by atoms with E-state index in [0.717, 1.165) is 18.6 Å². The molecule has 4 nitrogen and oxygen atoms in total. The molecular formula is C14H21N3OS. The Morgan fingerprint density at radius 3 is 2.63 bits per heavy atom. The summed E-state index contributed by atoms with van der Waals surface area (Å²) in [6, 6.07) is 5.26. The van der Waals surface area contributed by atoms with Crippen LogP contribution in [0.4, 0.5) is 11.4 Å². The summed E-state index contributed by atoms with van der Waals surface area (Å²) >= 11 is 1.98. The van der Waals surface area contributed by atoms with Crippen molar-refractivity contribution in [3.05, 3.63) is 23.8 Å². The quantitative estimate of drug-likeness (QED) is 0.738. The summed E-state index contributed by atoms with van der Waals surface area (Å²) in [6.45, 7) is 2.17. The summed E-state index contributed by atoms with van der Waals surface area (Å²) in [4.78, 5) is 12.1. The number of hydrogen-bond donors (Lipinski definition) is 3. The number of nitrogens with two attached hydrogens (primary N) is 2. The first-order valence-electron chi connectivity index (χ1n) is 6.67. The lowest BCUT2D eigenvalue weighted by molar-refractivity contribution is 0.0938. The minimum absolute atomic E-state index is 0.0776. The van der Waals surface area contributed by atoms with Crippen LogP contribution < -0.4 is 16.8 Å². The van der Waals surface area contributed by atoms with Gasteiger partial charge >= 0.3 is 0 Å². The normalized spacial score (nSPS) is 22.4. The summed E-state index contributed by atoms with van der Waals surface area (Å²) in [5.74, 6) is 1.06. The highest BCUT2D eigenvalue weighted by molar-refractivity contribution is 7.99. The van der Waals surface area contributed by atoms with Gasteiger partial charge in [-0.15, -0.1) is 0 Å². The number of rotatable bonds is 4. The molecule has 1 aliphatic carbocycles. The molecule has 1 saturated carbocycles. The molecule has 0 bridgehead atoms. The molecule has 19 heavy (non-hydrogen) atoms. The van der Waals surface area contributed by atoms with Crippen LogP contribution in [0, 0.1) is 0 Å². The van der Waals surface area contributed by atoms with Crippen molar-refractivity contribution in [3.8, 4) is 0 Å². The van der Waals surface area contributed by atoms with E-state index in [4.69, 9.17) is 11.5 Å². The number of carbonyl (C=O) groups excluding carboxylic acids is 1. The van der Waals surface area contributed by atoms with Gasteiger partial charge in [0.15, 0.2) is 0 Å². The standard InChI is InChI=1S/C14H21N3OS/c1-2-19-13-4-3-12(8-13)17-14(18)9-5-10(15)7-11(16)6-9/h5-7,12-13H,2-4,8,15-16H2,1H3,(H,17,18). The van der Waals surface area contributed by atoms with Crippen molar-refractivity contribution in [1.29, 1.82) is 0 Å². The van der Waals surface area contributed by atoms with Gasteiger partial charge in [0.05, 0.1) is 0 Å². The van der Waals surface area contributed by atoms with E-state index in [1.165, 1.54) is 6.42 Å². The minimum atomic E-state index is -0.0776. The van der Waals surface area contributed by atoms with Crippen LogP contribution >= 0.6 is 11.8 Å². The second-order valence-corrected chi connectivity index (χ2v) is 6.53. The molecule has 1 amide bonds. The van der Waals surface area contributed by atoms with Crippen LogP contribution in [0.3, 0.4) is 0 Å². The summed E-state index contributed by atoms with van der Waals surface area (Å²) in [5.41, 5.74) is 13.0. The van der Waals surface area contributed by atoms with Crippen LogP contribution in [0.5, 0.6) is 0 Å². The molecule has 1 fully saturated rings. The molecule has 104 valence electrons. The third-order valence-corrected chi connectivity index (χ3v) is 4.59. The topological polar surface area (TPSA) is 81.1 Å². The van der Waals surface area contributed by atoms with Gasteiger partial charge in [-0.3, -0.25) is 4.79 Å². The Labute approximate surface area is 118 Å². The molecule has 2 atom stereocenters. The lowest BCUT2D eigenvalue weighted by Crippen LogP contribution is -2.33. The first-order chi connectivity index (χ1) is 9.08. The van der Waals surface area contributed by atoms with Crippen LogP contribution in [-0.4, -0.2) is 23.0 Å². The molecular weight excluding hydrogens is 258 g/mol. The van der Waals surface area contributed by atoms with E-state index >= 15 is 0 Å². The number of anilines is 2. The zero-order valence-corrected chi connectivity index (χ0v) is 12.0. The SMILES string of the molecule is CCSC1CCC(NC(=O)c2cc(N)cc(N)c2)C1. The van der Waals surface area contributed by atoms with Crippen LogP contribution in [0.15, 0.2) is 18.2 Å². The van der Waals surface area contributed by atoms with Crippen LogP contribution in [0.25, 0.3) is 0 Å². The molecule has 0 heterocycles. The van der Waals surface area contributed by atoms with Gasteiger partial charge in [-0.2, -0.15) is 11.8 Å². The number of carbonyl (C=O) groups is 1. The van der Waals surface area contributed by atoms with Gasteiger partial charge in [0.1, 0.15) is 0 Å². The Morgan fingerprint density at radius 1 is 1.32 bits per heavy atom. The Hall–Kier alpha value is -1.36. The molecule has 2 unspecified atom stereocenters. The average Bonchev–Trinajstić information content (AvgIpc) is 2.76. The third-order valence-electron chi connectivity index (χ3n) is 3.36. The fraction of sp³-hybridized carbons (Fsp3) is 0.500. The number of thioether (sulfide) groups is 1. The first kappa shape index (κ1) is 14.1. The summed E-state index contributed by atoms with van der Waals surface area (Å²) in [6.07, 6.45) is 3.30. The fourth-order valence-electron chi connectivity index (χ4n) is 2.53. The number of hydrogen-bond acceptors (Lipinski definition) is 4. The summed E-state index contributed by atoms with van der Waals surface area (Å²) in [5, 5.41) is 3.76. The number of nitrogens with one attached hydrogen (secondary N) is 1. The second-order valence-electron chi connectivity index (χ2n) is 4.95. The summed E-state index contributed by atoms with van der Waals surface area (Å²) in [7, 11) is 0. The van der Waals surface area contributed by atoms with Crippen molar-refractivity contribution in [1.82, 2.24) is 5.32 Å². The van der Waals surface area contributed by atoms with Crippen LogP contribution in [0.2, 0.25) is 0 Å². The minimum Gasteiger partial charge on any atom is -0.399 e. The van der Waals surface area contributed by atoms with E-state index in [2.05, 4.69) is 12.2 Å². The maximum atomic E-state index is 12.1. The molecule has 2 rings (SSSR count). The highest BCUT2D eigenvalue weighted by Crippen LogP contribution is 2.29. The summed E-state index contributed by atoms with van der Waals surface area (Å²) < 4.78 is 0. The lowest BCUT2D eigenvalue weighted by Gasteiger charge is -2.13. The van der Waals surface area contributed by atoms with Crippen molar-refractivity contribution < 1.29 is 4.79 Å². The highest BCUT2D eigenvalue weighted by Gasteiger charge is 2.26. The smallest absolute Gasteiger partial charge is 0.251 e. The Morgan fingerprint density at radius 2 is 2.00 bits per heavy atom. The number of nitrogen functional groups attached to an aromatic ring is 2. The van der Waals surface area contributed by atoms with E-state index in [-0.39, 0.29) is 11.9 Å². The average molecular weight is 279 g/mol. The molecule has 0 aromatic heterocycles. The van der Waals surface area contributed by atoms with Gasteiger partial charge in [-0.05, 0) is 43.2 Å². The number of benzene rings is 1. The molecule has 0 spiro atoms. The zero-order chi connectivity index (χ0) is 13.8. The van der Waals surface area contributed by atoms with E-state index in [9.17, 15) is 4.79 Å². The Kier molecular flexibility index (Phi) is 4.58. The molecule has 0 radical (unpaired) electrons. The molecule has 1 aromatic rings. The Bertz CT molecular complexity index is 444. The molecule has 0 saturated heterocycles. The molecule has 1 aromatic carbocycles. The van der Waals surface area contributed by atoms with Crippen molar-refractivity contribution in [2.24, 2.45) is 0 Å². The fourth-order valence-corrected chi connectivity index (χ4v) is 3.68. The van der Waals surface area contributed by atoms with Gasteiger partial charge in [-0.1, -0.05) is 6.92 Å². The van der Waals surface area contributed by atoms with Crippen molar-refractivity contribution >= 4 is 29.0 Å². The highest BCUT2D eigenvalue weighted by atomic mass is 32.2. The van der Waals surface area contributed by atoms with Crippen molar-refractivity contribution in [3.63, 3.8) is 0 Å². The van der Waals surface area contributed by atoms with Gasteiger partial charge < -0.3 is 16.8 Å². The maximum absolute atomic E-state index is 12.1. The molecule has 1 aliphatic rings. The maximum Gasteiger partial charge on any atom is 0.251 e. The van der Waals surface area contributed by atoms with Crippen molar-refractivity contribution in [2.45, 2.75) is 37.5 Å². The van der Waals surface area contributed by atoms with E-state index in [1.54, 1.807) is 18.2 Å². The molecule has 5 heteroatoms. The van der Waals surface area contributed by atoms with Crippen molar-refractivity contribution in [2.75, 3.05) is 17.2 Å². The first-order valence-corrected chi connectivity index (χ1v) is 7.72. The van der Waals surface area contributed by atoms with Gasteiger partial charge in [0.25, 0.3) is 5.91 Å². The predicted molar refractivity (Wildman–Crippen MR) is 82.3 cm³/mol. The largest absolute Gasteiger partial charge is 0.399 e. The lowest BCUT2D eigenvalue weighted by atomic mass is 10.1. The second kappa shape index (κ2) is 6.19. The van der Waals surface area contributed by atoms with Crippen LogP contribution in [-0.2, 0) is 0 Å². The molecule has 0 aliphatic heterocycles. The van der Waals surface area contributed by atoms with Gasteiger partial charge in [0.2, 0.25) is 0 Å². The van der Waals surface area contributed by atoms with Crippen LogP contribution in [0.1, 0.15) is 36.5 Å². The zero-order valence-electron chi connectivity index (χ0n) is 11.2. The molecule has 5 N–H and O–H groups in total. The number of amides is 1. The van der Waals surface area contributed by atoms with E-state index in [1.807, 2.05) is 11.8 Å². The third kappa shape index (κ3) is 3.80.